The van der Waals surface area contributed by atoms with E-state index in [4.69, 9.17) is 11.6 Å². The van der Waals surface area contributed by atoms with Crippen LogP contribution in [0.15, 0.2) is 66.7 Å². The van der Waals surface area contributed by atoms with E-state index in [1.54, 1.807) is 24.3 Å². The number of fused-ring (bicyclic) bond motifs is 1. The van der Waals surface area contributed by atoms with Gasteiger partial charge in [-0.3, -0.25) is 9.59 Å². The summed E-state index contributed by atoms with van der Waals surface area (Å²) in [6.45, 7) is -0.250. The molecule has 0 saturated carbocycles. The quantitative estimate of drug-likeness (QED) is 0.657. The maximum Gasteiger partial charge on any atom is 0.255 e. The lowest BCUT2D eigenvalue weighted by atomic mass is 9.95. The van der Waals surface area contributed by atoms with Crippen molar-refractivity contribution in [2.24, 2.45) is 0 Å². The molecule has 0 aliphatic carbocycles. The van der Waals surface area contributed by atoms with Crippen LogP contribution in [0.1, 0.15) is 27.5 Å². The van der Waals surface area contributed by atoms with E-state index in [0.29, 0.717) is 27.4 Å². The van der Waals surface area contributed by atoms with Crippen LogP contribution in [0.25, 0.3) is 0 Å². The number of amides is 2. The Morgan fingerprint density at radius 3 is 2.31 bits per heavy atom. The monoisotopic (exact) mass is 412 g/mol. The van der Waals surface area contributed by atoms with Crippen LogP contribution in [0.4, 0.5) is 14.5 Å². The molecule has 1 aliphatic rings. The van der Waals surface area contributed by atoms with Gasteiger partial charge in [0.2, 0.25) is 5.91 Å². The fourth-order valence-electron chi connectivity index (χ4n) is 3.43. The van der Waals surface area contributed by atoms with Gasteiger partial charge in [0.05, 0.1) is 6.04 Å². The first-order valence-corrected chi connectivity index (χ1v) is 9.21. The summed E-state index contributed by atoms with van der Waals surface area (Å²) in [5, 5.41) is 3.18. The summed E-state index contributed by atoms with van der Waals surface area (Å²) >= 11 is 5.91. The number of nitrogens with one attached hydrogen (secondary N) is 1. The van der Waals surface area contributed by atoms with Crippen molar-refractivity contribution < 1.29 is 18.4 Å². The van der Waals surface area contributed by atoms with E-state index in [1.165, 1.54) is 47.4 Å². The number of carbonyl (C=O) groups is 2. The van der Waals surface area contributed by atoms with Gasteiger partial charge in [0, 0.05) is 21.8 Å². The molecule has 0 spiro atoms. The predicted molar refractivity (Wildman–Crippen MR) is 106 cm³/mol. The molecule has 1 heterocycles. The highest BCUT2D eigenvalue weighted by atomic mass is 35.5. The van der Waals surface area contributed by atoms with Gasteiger partial charge in [0.1, 0.15) is 18.2 Å². The van der Waals surface area contributed by atoms with Gasteiger partial charge < -0.3 is 10.2 Å². The van der Waals surface area contributed by atoms with Crippen LogP contribution in [-0.4, -0.2) is 23.3 Å². The normalized spacial score (nSPS) is 16.0. The van der Waals surface area contributed by atoms with Gasteiger partial charge in [-0.25, -0.2) is 8.78 Å². The Kier molecular flexibility index (Phi) is 5.03. The molecule has 3 aromatic carbocycles. The maximum atomic E-state index is 14.1. The second kappa shape index (κ2) is 7.64. The lowest BCUT2D eigenvalue weighted by molar-refractivity contribution is -0.117. The number of nitrogens with zero attached hydrogens (tertiary/aromatic N) is 1. The first kappa shape index (κ1) is 19.1. The number of hydrogen-bond acceptors (Lipinski definition) is 2. The Hall–Kier alpha value is -3.25. The molecule has 3 aromatic rings. The molecular formula is C22H15ClF2N2O2. The zero-order valence-electron chi connectivity index (χ0n) is 15.0. The number of rotatable bonds is 2. The van der Waals surface area contributed by atoms with Gasteiger partial charge in [-0.1, -0.05) is 23.7 Å². The third kappa shape index (κ3) is 3.84. The van der Waals surface area contributed by atoms with Crippen LogP contribution in [0, 0.1) is 11.6 Å². The van der Waals surface area contributed by atoms with Crippen molar-refractivity contribution >= 4 is 29.1 Å². The fourth-order valence-corrected chi connectivity index (χ4v) is 3.56. The van der Waals surface area contributed by atoms with E-state index in [-0.39, 0.29) is 6.54 Å². The Bertz CT molecular complexity index is 1080. The predicted octanol–water partition coefficient (Wildman–Crippen LogP) is 4.80. The molecule has 0 saturated heterocycles. The minimum Gasteiger partial charge on any atom is -0.324 e. The minimum absolute atomic E-state index is 0.250. The SMILES string of the molecule is O=C1CN(C(=O)c2ccc(Cl)cc2)[C@H](c2ccc(F)cc2)c2cc(F)ccc2N1. The molecule has 0 bridgehead atoms. The topological polar surface area (TPSA) is 49.4 Å². The van der Waals surface area contributed by atoms with Crippen molar-refractivity contribution in [1.82, 2.24) is 4.90 Å². The highest BCUT2D eigenvalue weighted by Crippen LogP contribution is 2.37. The van der Waals surface area contributed by atoms with Crippen LogP contribution < -0.4 is 5.32 Å². The van der Waals surface area contributed by atoms with Crippen molar-refractivity contribution in [2.75, 3.05) is 11.9 Å². The van der Waals surface area contributed by atoms with Gasteiger partial charge >= 0.3 is 0 Å². The summed E-state index contributed by atoms with van der Waals surface area (Å²) in [5.41, 5.74) is 1.69. The van der Waals surface area contributed by atoms with E-state index in [0.717, 1.165) is 0 Å². The van der Waals surface area contributed by atoms with E-state index in [1.807, 2.05) is 0 Å². The molecule has 0 fully saturated rings. The Balaban J connectivity index is 1.88. The molecular weight excluding hydrogens is 398 g/mol. The highest BCUT2D eigenvalue weighted by Gasteiger charge is 2.34. The van der Waals surface area contributed by atoms with Gasteiger partial charge in [-0.2, -0.15) is 0 Å². The summed E-state index contributed by atoms with van der Waals surface area (Å²) in [6.07, 6.45) is 0. The van der Waals surface area contributed by atoms with Crippen molar-refractivity contribution in [3.63, 3.8) is 0 Å². The van der Waals surface area contributed by atoms with Gasteiger partial charge in [-0.15, -0.1) is 0 Å². The molecule has 2 amide bonds. The van der Waals surface area contributed by atoms with Crippen LogP contribution in [0.3, 0.4) is 0 Å². The lowest BCUT2D eigenvalue weighted by Gasteiger charge is -2.30. The molecule has 7 heteroatoms. The van der Waals surface area contributed by atoms with E-state index >= 15 is 0 Å². The highest BCUT2D eigenvalue weighted by molar-refractivity contribution is 6.30. The molecule has 4 rings (SSSR count). The molecule has 1 aliphatic heterocycles. The molecule has 1 N–H and O–H groups in total. The zero-order valence-corrected chi connectivity index (χ0v) is 15.8. The molecule has 1 atom stereocenters. The molecule has 0 unspecified atom stereocenters. The van der Waals surface area contributed by atoms with Crippen LogP contribution in [-0.2, 0) is 4.79 Å². The number of carbonyl (C=O) groups excluding carboxylic acids is 2. The molecule has 0 aromatic heterocycles. The number of benzene rings is 3. The summed E-state index contributed by atoms with van der Waals surface area (Å²) in [6, 6.07) is 15.0. The lowest BCUT2D eigenvalue weighted by Crippen LogP contribution is -2.39. The van der Waals surface area contributed by atoms with E-state index < -0.39 is 29.5 Å². The number of halogens is 3. The fraction of sp³-hybridized carbons (Fsp3) is 0.0909. The molecule has 4 nitrogen and oxygen atoms in total. The third-order valence-electron chi connectivity index (χ3n) is 4.75. The van der Waals surface area contributed by atoms with E-state index in [9.17, 15) is 18.4 Å². The van der Waals surface area contributed by atoms with Crippen LogP contribution >= 0.6 is 11.6 Å². The smallest absolute Gasteiger partial charge is 0.255 e. The first-order valence-electron chi connectivity index (χ1n) is 8.83. The van der Waals surface area contributed by atoms with Crippen LogP contribution in [0.2, 0.25) is 5.02 Å². The summed E-state index contributed by atoms with van der Waals surface area (Å²) in [5.74, 6) is -1.79. The Morgan fingerprint density at radius 2 is 1.62 bits per heavy atom. The molecule has 29 heavy (non-hydrogen) atoms. The van der Waals surface area contributed by atoms with Gasteiger partial charge in [0.25, 0.3) is 5.91 Å². The van der Waals surface area contributed by atoms with Gasteiger partial charge in [0.15, 0.2) is 0 Å². The van der Waals surface area contributed by atoms with Gasteiger partial charge in [-0.05, 0) is 60.2 Å². The van der Waals surface area contributed by atoms with Crippen molar-refractivity contribution in [3.8, 4) is 0 Å². The summed E-state index contributed by atoms with van der Waals surface area (Å²) in [7, 11) is 0. The summed E-state index contributed by atoms with van der Waals surface area (Å²) < 4.78 is 27.6. The maximum absolute atomic E-state index is 14.1. The summed E-state index contributed by atoms with van der Waals surface area (Å²) in [4.78, 5) is 27.1. The third-order valence-corrected chi connectivity index (χ3v) is 5.00. The average molecular weight is 413 g/mol. The second-order valence-electron chi connectivity index (χ2n) is 6.67. The first-order chi connectivity index (χ1) is 13.9. The number of hydrogen-bond donors (Lipinski definition) is 1. The number of anilines is 1. The Morgan fingerprint density at radius 1 is 0.966 bits per heavy atom. The largest absolute Gasteiger partial charge is 0.324 e. The van der Waals surface area contributed by atoms with Crippen molar-refractivity contribution in [3.05, 3.63) is 100 Å². The minimum atomic E-state index is -0.788. The Labute approximate surface area is 170 Å². The van der Waals surface area contributed by atoms with Crippen molar-refractivity contribution in [2.45, 2.75) is 6.04 Å². The standard InChI is InChI=1S/C22H15ClF2N2O2/c23-15-5-1-14(2-6-15)22(29)27-12-20(28)26-19-10-9-17(25)11-18(19)21(27)13-3-7-16(24)8-4-13/h1-11,21H,12H2,(H,26,28)/t21-/m1/s1. The van der Waals surface area contributed by atoms with Crippen LogP contribution in [0.5, 0.6) is 0 Å². The second-order valence-corrected chi connectivity index (χ2v) is 7.11. The zero-order chi connectivity index (χ0) is 20.5. The molecule has 146 valence electrons. The molecule has 0 radical (unpaired) electrons. The van der Waals surface area contributed by atoms with Crippen molar-refractivity contribution in [1.29, 1.82) is 0 Å². The van der Waals surface area contributed by atoms with E-state index in [2.05, 4.69) is 5.32 Å². The average Bonchev–Trinajstić information content (AvgIpc) is 2.84.